The second-order valence-corrected chi connectivity index (χ2v) is 12.1. The standard InChI is InChI=1S/C33H43N3O6S/c1-6-9-21-34-33(38)31(7-2)35(23-26-11-10-12-29(22-26)41-5)32(37)24-36(27-15-13-25(4)14-16-27)43(39,40)30-19-17-28(18-20-30)42-8-3/h10-20,22,31H,6-9,21,23-24H2,1-5H3,(H,34,38). The number of benzene rings is 3. The van der Waals surface area contributed by atoms with E-state index in [2.05, 4.69) is 5.32 Å². The van der Waals surface area contributed by atoms with Crippen molar-refractivity contribution in [2.75, 3.05) is 31.1 Å². The predicted molar refractivity (Wildman–Crippen MR) is 169 cm³/mol. The lowest BCUT2D eigenvalue weighted by Crippen LogP contribution is -2.52. The average molecular weight is 610 g/mol. The van der Waals surface area contributed by atoms with E-state index in [0.29, 0.717) is 36.8 Å². The fourth-order valence-corrected chi connectivity index (χ4v) is 6.05. The van der Waals surface area contributed by atoms with E-state index in [0.717, 1.165) is 28.3 Å². The number of amides is 2. The molecule has 0 saturated carbocycles. The summed E-state index contributed by atoms with van der Waals surface area (Å²) in [7, 11) is -2.61. The summed E-state index contributed by atoms with van der Waals surface area (Å²) < 4.78 is 40.1. The first kappa shape index (κ1) is 33.5. The average Bonchev–Trinajstić information content (AvgIpc) is 3.00. The molecule has 0 aliphatic heterocycles. The van der Waals surface area contributed by atoms with Crippen LogP contribution in [0.4, 0.5) is 5.69 Å². The second-order valence-electron chi connectivity index (χ2n) is 10.2. The van der Waals surface area contributed by atoms with E-state index in [-0.39, 0.29) is 17.3 Å². The maximum absolute atomic E-state index is 14.2. The lowest BCUT2D eigenvalue weighted by molar-refractivity contribution is -0.140. The van der Waals surface area contributed by atoms with Crippen molar-refractivity contribution in [3.8, 4) is 11.5 Å². The Kier molecular flexibility index (Phi) is 12.4. The normalized spacial score (nSPS) is 11.8. The van der Waals surface area contributed by atoms with Crippen LogP contribution in [0, 0.1) is 6.92 Å². The number of nitrogens with one attached hydrogen (secondary N) is 1. The van der Waals surface area contributed by atoms with Gasteiger partial charge in [-0.25, -0.2) is 8.42 Å². The Hall–Kier alpha value is -4.05. The van der Waals surface area contributed by atoms with Crippen LogP contribution < -0.4 is 19.1 Å². The van der Waals surface area contributed by atoms with Crippen molar-refractivity contribution in [3.63, 3.8) is 0 Å². The Balaban J connectivity index is 2.03. The molecule has 43 heavy (non-hydrogen) atoms. The van der Waals surface area contributed by atoms with Crippen LogP contribution in [0.15, 0.2) is 77.7 Å². The van der Waals surface area contributed by atoms with Gasteiger partial charge in [0, 0.05) is 13.1 Å². The molecule has 0 aliphatic rings. The quantitative estimate of drug-likeness (QED) is 0.221. The predicted octanol–water partition coefficient (Wildman–Crippen LogP) is 5.32. The number of hydrogen-bond acceptors (Lipinski definition) is 6. The molecule has 10 heteroatoms. The van der Waals surface area contributed by atoms with Gasteiger partial charge in [0.05, 0.1) is 24.3 Å². The van der Waals surface area contributed by atoms with Crippen molar-refractivity contribution >= 4 is 27.5 Å². The number of unbranched alkanes of at least 4 members (excludes halogenated alkanes) is 1. The number of rotatable bonds is 16. The Labute approximate surface area is 255 Å². The van der Waals surface area contributed by atoms with Crippen LogP contribution in [-0.2, 0) is 26.2 Å². The molecule has 1 atom stereocenters. The smallest absolute Gasteiger partial charge is 0.264 e. The molecule has 2 amide bonds. The van der Waals surface area contributed by atoms with E-state index < -0.39 is 28.5 Å². The molecule has 0 spiro atoms. The van der Waals surface area contributed by atoms with Crippen molar-refractivity contribution in [1.82, 2.24) is 10.2 Å². The van der Waals surface area contributed by atoms with Gasteiger partial charge >= 0.3 is 0 Å². The molecule has 9 nitrogen and oxygen atoms in total. The molecule has 0 heterocycles. The minimum atomic E-state index is -4.17. The molecule has 1 unspecified atom stereocenters. The molecule has 0 aliphatic carbocycles. The maximum Gasteiger partial charge on any atom is 0.264 e. The van der Waals surface area contributed by atoms with E-state index in [1.807, 2.05) is 39.8 Å². The zero-order chi connectivity index (χ0) is 31.4. The van der Waals surface area contributed by atoms with Crippen LogP contribution in [0.3, 0.4) is 0 Å². The summed E-state index contributed by atoms with van der Waals surface area (Å²) >= 11 is 0. The lowest BCUT2D eigenvalue weighted by atomic mass is 10.1. The van der Waals surface area contributed by atoms with Crippen LogP contribution in [0.25, 0.3) is 0 Å². The number of nitrogens with zero attached hydrogens (tertiary/aromatic N) is 2. The van der Waals surface area contributed by atoms with Crippen LogP contribution in [0.5, 0.6) is 11.5 Å². The Morgan fingerprint density at radius 2 is 1.63 bits per heavy atom. The number of ether oxygens (including phenoxy) is 2. The van der Waals surface area contributed by atoms with Crippen molar-refractivity contribution in [3.05, 3.63) is 83.9 Å². The van der Waals surface area contributed by atoms with E-state index >= 15 is 0 Å². The fourth-order valence-electron chi connectivity index (χ4n) is 4.63. The third-order valence-corrected chi connectivity index (χ3v) is 8.81. The topological polar surface area (TPSA) is 105 Å². The molecule has 0 fully saturated rings. The van der Waals surface area contributed by atoms with Gasteiger partial charge in [-0.05, 0) is 80.8 Å². The van der Waals surface area contributed by atoms with Crippen molar-refractivity contribution in [2.45, 2.75) is 64.4 Å². The van der Waals surface area contributed by atoms with Gasteiger partial charge in [0.1, 0.15) is 24.1 Å². The molecule has 0 saturated heterocycles. The van der Waals surface area contributed by atoms with Gasteiger partial charge in [0.2, 0.25) is 11.8 Å². The SMILES string of the molecule is CCCCNC(=O)C(CC)N(Cc1cccc(OC)c1)C(=O)CN(c1ccc(C)cc1)S(=O)(=O)c1ccc(OCC)cc1. The van der Waals surface area contributed by atoms with E-state index in [4.69, 9.17) is 9.47 Å². The highest BCUT2D eigenvalue weighted by Gasteiger charge is 2.33. The van der Waals surface area contributed by atoms with Crippen LogP contribution in [0.2, 0.25) is 0 Å². The van der Waals surface area contributed by atoms with E-state index in [1.165, 1.54) is 17.0 Å². The molecule has 1 N–H and O–H groups in total. The molecule has 3 aromatic rings. The number of anilines is 1. The van der Waals surface area contributed by atoms with Crippen LogP contribution >= 0.6 is 0 Å². The van der Waals surface area contributed by atoms with Crippen molar-refractivity contribution < 1.29 is 27.5 Å². The van der Waals surface area contributed by atoms with Gasteiger partial charge in [0.25, 0.3) is 10.0 Å². The summed E-state index contributed by atoms with van der Waals surface area (Å²) in [5.41, 5.74) is 2.04. The zero-order valence-electron chi connectivity index (χ0n) is 25.7. The maximum atomic E-state index is 14.2. The van der Waals surface area contributed by atoms with Gasteiger partial charge in [0.15, 0.2) is 0 Å². The summed E-state index contributed by atoms with van der Waals surface area (Å²) in [5.74, 6) is 0.382. The third-order valence-electron chi connectivity index (χ3n) is 7.03. The molecular weight excluding hydrogens is 566 g/mol. The highest BCUT2D eigenvalue weighted by atomic mass is 32.2. The molecule has 3 aromatic carbocycles. The highest BCUT2D eigenvalue weighted by Crippen LogP contribution is 2.27. The largest absolute Gasteiger partial charge is 0.497 e. The lowest BCUT2D eigenvalue weighted by Gasteiger charge is -2.33. The van der Waals surface area contributed by atoms with Gasteiger partial charge in [-0.3, -0.25) is 13.9 Å². The second kappa shape index (κ2) is 16.0. The number of carbonyl (C=O) groups excluding carboxylic acids is 2. The molecule has 0 radical (unpaired) electrons. The van der Waals surface area contributed by atoms with Gasteiger partial charge in [-0.15, -0.1) is 0 Å². The number of hydrogen-bond donors (Lipinski definition) is 1. The Morgan fingerprint density at radius 3 is 2.23 bits per heavy atom. The van der Waals surface area contributed by atoms with Gasteiger partial charge in [-0.1, -0.05) is 50.1 Å². The summed E-state index contributed by atoms with van der Waals surface area (Å²) in [4.78, 5) is 29.0. The Morgan fingerprint density at radius 1 is 0.930 bits per heavy atom. The summed E-state index contributed by atoms with van der Waals surface area (Å²) in [6, 6.07) is 19.5. The first-order valence-corrected chi connectivity index (χ1v) is 16.1. The number of methoxy groups -OCH3 is 1. The minimum absolute atomic E-state index is 0.0213. The fraction of sp³-hybridized carbons (Fsp3) is 0.394. The van der Waals surface area contributed by atoms with Crippen LogP contribution in [-0.4, -0.2) is 58.0 Å². The van der Waals surface area contributed by atoms with Gasteiger partial charge < -0.3 is 19.7 Å². The van der Waals surface area contributed by atoms with Crippen molar-refractivity contribution in [2.24, 2.45) is 0 Å². The monoisotopic (exact) mass is 609 g/mol. The van der Waals surface area contributed by atoms with E-state index in [1.54, 1.807) is 55.6 Å². The molecule has 3 rings (SSSR count). The number of carbonyl (C=O) groups is 2. The van der Waals surface area contributed by atoms with Gasteiger partial charge in [-0.2, -0.15) is 0 Å². The van der Waals surface area contributed by atoms with Crippen LogP contribution in [0.1, 0.15) is 51.2 Å². The third kappa shape index (κ3) is 8.97. The van der Waals surface area contributed by atoms with Crippen molar-refractivity contribution in [1.29, 1.82) is 0 Å². The Bertz CT molecular complexity index is 1440. The molecule has 0 aromatic heterocycles. The number of aryl methyl sites for hydroxylation is 1. The summed E-state index contributed by atoms with van der Waals surface area (Å²) in [6.07, 6.45) is 2.08. The zero-order valence-corrected chi connectivity index (χ0v) is 26.5. The number of sulfonamides is 1. The molecular formula is C33H43N3O6S. The highest BCUT2D eigenvalue weighted by molar-refractivity contribution is 7.92. The molecule has 0 bridgehead atoms. The van der Waals surface area contributed by atoms with E-state index in [9.17, 15) is 18.0 Å². The summed E-state index contributed by atoms with van der Waals surface area (Å²) in [5, 5.41) is 2.94. The summed E-state index contributed by atoms with van der Waals surface area (Å²) in [6.45, 7) is 8.16. The first-order chi connectivity index (χ1) is 20.6. The molecule has 232 valence electrons. The first-order valence-electron chi connectivity index (χ1n) is 14.7. The minimum Gasteiger partial charge on any atom is -0.497 e.